The van der Waals surface area contributed by atoms with Crippen molar-refractivity contribution in [3.63, 3.8) is 0 Å². The van der Waals surface area contributed by atoms with Crippen LogP contribution in [-0.4, -0.2) is 65.9 Å². The normalized spacial score (nSPS) is 17.6. The second kappa shape index (κ2) is 39.9. The van der Waals surface area contributed by atoms with Gasteiger partial charge >= 0.3 is 24.1 Å². The molecule has 4 aromatic carbocycles. The maximum absolute atomic E-state index is 12.0. The molecule has 4 aromatic rings. The molecule has 95 heavy (non-hydrogen) atoms. The molecule has 1 saturated carbocycles. The van der Waals surface area contributed by atoms with Gasteiger partial charge in [-0.25, -0.2) is 4.79 Å². The molecule has 1 saturated heterocycles. The highest BCUT2D eigenvalue weighted by Crippen LogP contribution is 2.40. The van der Waals surface area contributed by atoms with E-state index in [-0.39, 0.29) is 40.2 Å². The highest BCUT2D eigenvalue weighted by Gasteiger charge is 2.50. The Balaban J connectivity index is 0.000000572. The molecule has 0 bridgehead atoms. The molecule has 6 rings (SSSR count). The van der Waals surface area contributed by atoms with Crippen molar-refractivity contribution >= 4 is 34.3 Å². The van der Waals surface area contributed by atoms with Gasteiger partial charge in [0.2, 0.25) is 6.10 Å². The summed E-state index contributed by atoms with van der Waals surface area (Å²) < 4.78 is 56.1. The highest BCUT2D eigenvalue weighted by atomic mass is 28.4. The summed E-state index contributed by atoms with van der Waals surface area (Å²) >= 11 is 0. The van der Waals surface area contributed by atoms with Gasteiger partial charge in [0, 0.05) is 21.1 Å². The Morgan fingerprint density at radius 2 is 0.968 bits per heavy atom. The third-order valence-electron chi connectivity index (χ3n) is 19.5. The number of hydrogen-bond acceptors (Lipinski definition) is 7. The average Bonchev–Trinajstić information content (AvgIpc) is 1.76. The smallest absolute Gasteiger partial charge is 0.425 e. The fraction of sp³-hybridized carbons (Fsp3) is 0.675. The topological polar surface area (TPSA) is 88.1 Å². The van der Waals surface area contributed by atoms with Crippen molar-refractivity contribution < 1.29 is 46.2 Å². The maximum atomic E-state index is 12.0. The first kappa shape index (κ1) is 88.5. The molecule has 1 heterocycles. The number of halogens is 3. The van der Waals surface area contributed by atoms with Gasteiger partial charge in [0.25, 0.3) is 0 Å². The van der Waals surface area contributed by atoms with Gasteiger partial charge < -0.3 is 18.6 Å². The highest BCUT2D eigenvalue weighted by molar-refractivity contribution is 6.75. The van der Waals surface area contributed by atoms with E-state index in [9.17, 15) is 27.6 Å². The molecule has 0 spiro atoms. The van der Waals surface area contributed by atoms with Gasteiger partial charge in [-0.3, -0.25) is 9.59 Å². The molecule has 2 fully saturated rings. The number of aryl methyl sites for hydroxylation is 1. The molecule has 2 aliphatic rings. The Hall–Kier alpha value is -4.53. The molecule has 9 unspecified atom stereocenters. The van der Waals surface area contributed by atoms with Gasteiger partial charge in [-0.05, 0) is 201 Å². The summed E-state index contributed by atoms with van der Waals surface area (Å²) in [6.45, 7) is 60.3. The lowest BCUT2D eigenvalue weighted by atomic mass is 9.78. The van der Waals surface area contributed by atoms with Crippen molar-refractivity contribution in [3.8, 4) is 0 Å². The number of ether oxygens (including phenoxy) is 3. The molecule has 540 valence electrons. The number of rotatable bonds is 21. The number of alkyl halides is 3. The van der Waals surface area contributed by atoms with Crippen molar-refractivity contribution in [2.75, 3.05) is 7.11 Å². The Labute approximate surface area is 581 Å². The largest absolute Gasteiger partial charge is 0.459 e. The quantitative estimate of drug-likeness (QED) is 0.0466. The van der Waals surface area contributed by atoms with E-state index in [1.807, 2.05) is 27.9 Å². The van der Waals surface area contributed by atoms with Gasteiger partial charge in [-0.15, -0.1) is 0 Å². The fourth-order valence-corrected chi connectivity index (χ4v) is 13.1. The monoisotopic (exact) mass is 1360 g/mol. The van der Waals surface area contributed by atoms with Crippen LogP contribution in [0.3, 0.4) is 0 Å². The minimum atomic E-state index is -4.47. The first-order valence-corrected chi connectivity index (χ1v) is 43.1. The lowest BCUT2D eigenvalue weighted by Crippen LogP contribution is -2.35. The standard InChI is InChI=1S/C18H30.C16H28OSi.C14H24Si.C14H22.C13H20O4.C8H13F3O2/c1-9-13(2)14-10-15(17(3,4)5)12-16(11-14)18(6,7)8;1-6-14(2)16-11-9-15(10-12-16)8-7-13-18(4,5)17-3;1-6-12(2)14-9-7-13(8-10-14)11-15(3,4)5;1-6-11(2)12-7-9-13(10-8-12)14(3,4)5;1-4-13(2,3)12(15)17-10-8-6-5-7-9(8)16-11(10)14;1-4-5(2)7(12)13-6(3)8(9,10)11/h10-13H,9H2,1-8H3;9-12,14H,6-8,13H2,1-5H3;7-10,12H,6,11H2,1-5H3;7-11H,6H2,1-5H3;8-10H,4-7H2,1-3H3;5-6H,4H2,1-3H3. The van der Waals surface area contributed by atoms with Crippen LogP contribution in [0.5, 0.6) is 0 Å². The van der Waals surface area contributed by atoms with Crippen LogP contribution >= 0.6 is 0 Å². The minimum Gasteiger partial charge on any atom is -0.459 e. The van der Waals surface area contributed by atoms with Gasteiger partial charge in [0.15, 0.2) is 14.4 Å². The molecule has 9 atom stereocenters. The maximum Gasteiger partial charge on any atom is 0.425 e. The molecule has 1 aliphatic carbocycles. The van der Waals surface area contributed by atoms with Crippen LogP contribution in [0.1, 0.15) is 297 Å². The molecule has 0 N–H and O–H groups in total. The van der Waals surface area contributed by atoms with Gasteiger partial charge in [0.1, 0.15) is 6.10 Å². The van der Waals surface area contributed by atoms with E-state index in [0.717, 1.165) is 26.2 Å². The number of benzene rings is 4. The Bertz CT molecular complexity index is 2800. The van der Waals surface area contributed by atoms with Crippen molar-refractivity contribution in [1.82, 2.24) is 0 Å². The molecular formula is C83H137F3O7Si2. The minimum absolute atomic E-state index is 0.0231. The van der Waals surface area contributed by atoms with Crippen molar-refractivity contribution in [2.45, 2.75) is 339 Å². The van der Waals surface area contributed by atoms with Gasteiger partial charge in [0.05, 0.1) is 11.3 Å². The predicted molar refractivity (Wildman–Crippen MR) is 404 cm³/mol. The molecule has 12 heteroatoms. The van der Waals surface area contributed by atoms with Crippen LogP contribution in [-0.2, 0) is 61.7 Å². The van der Waals surface area contributed by atoms with Crippen LogP contribution in [0.4, 0.5) is 13.2 Å². The number of hydrogen-bond donors (Lipinski definition) is 0. The lowest BCUT2D eigenvalue weighted by Gasteiger charge is -2.27. The summed E-state index contributed by atoms with van der Waals surface area (Å²) in [5.41, 5.74) is 13.4. The van der Waals surface area contributed by atoms with E-state index >= 15 is 0 Å². The van der Waals surface area contributed by atoms with Crippen LogP contribution < -0.4 is 0 Å². The van der Waals surface area contributed by atoms with Crippen molar-refractivity contribution in [3.05, 3.63) is 141 Å². The van der Waals surface area contributed by atoms with Crippen LogP contribution in [0.2, 0.25) is 38.8 Å². The molecule has 0 radical (unpaired) electrons. The van der Waals surface area contributed by atoms with Gasteiger partial charge in [-0.2, -0.15) is 13.2 Å². The van der Waals surface area contributed by atoms with E-state index < -0.39 is 52.1 Å². The number of fused-ring (bicyclic) bond motifs is 1. The summed E-state index contributed by atoms with van der Waals surface area (Å²) in [5, 5.41) is 0. The molecule has 1 aliphatic heterocycles. The number of carbonyl (C=O) groups is 3. The third-order valence-corrected chi connectivity index (χ3v) is 23.6. The van der Waals surface area contributed by atoms with Crippen LogP contribution in [0.15, 0.2) is 91.0 Å². The van der Waals surface area contributed by atoms with Gasteiger partial charge in [-0.1, -0.05) is 255 Å². The third kappa shape index (κ3) is 32.4. The van der Waals surface area contributed by atoms with Crippen LogP contribution in [0, 0.1) is 17.3 Å². The number of carbonyl (C=O) groups excluding carboxylic acids is 3. The Morgan fingerprint density at radius 3 is 1.34 bits per heavy atom. The number of esters is 3. The summed E-state index contributed by atoms with van der Waals surface area (Å²) in [7, 11) is -0.462. The molecule has 0 amide bonds. The fourth-order valence-electron chi connectivity index (χ4n) is 10.4. The summed E-state index contributed by atoms with van der Waals surface area (Å²) in [4.78, 5) is 34.5. The first-order valence-electron chi connectivity index (χ1n) is 36.3. The molecular weight excluding hydrogens is 1220 g/mol. The summed E-state index contributed by atoms with van der Waals surface area (Å²) in [6.07, 6.45) is 4.16. The second-order valence-corrected chi connectivity index (χ2v) is 43.0. The van der Waals surface area contributed by atoms with Crippen molar-refractivity contribution in [1.29, 1.82) is 0 Å². The zero-order valence-electron chi connectivity index (χ0n) is 65.5. The van der Waals surface area contributed by atoms with E-state index in [0.29, 0.717) is 36.5 Å². The first-order chi connectivity index (χ1) is 43.6. The van der Waals surface area contributed by atoms with E-state index in [2.05, 4.69) is 246 Å². The SMILES string of the molecule is CCC(C)(C)C(=O)OC1C(=O)OC2CCCC21.CCC(C)C(=O)OC(C)C(F)(F)F.CCC(C)c1cc(C(C)(C)C)cc(C(C)(C)C)c1.CCC(C)c1ccc(C(C)(C)C)cc1.CCC(C)c1ccc(CCC[Si](C)(C)OC)cc1.CCC(C)c1ccc(C[Si](C)(C)C)cc1. The summed E-state index contributed by atoms with van der Waals surface area (Å²) in [6, 6.07) is 37.3. The van der Waals surface area contributed by atoms with E-state index in [4.69, 9.17) is 13.9 Å². The van der Waals surface area contributed by atoms with Crippen LogP contribution in [0.25, 0.3) is 0 Å². The Kier molecular flexibility index (Phi) is 37.2. The van der Waals surface area contributed by atoms with E-state index in [1.54, 1.807) is 6.92 Å². The zero-order chi connectivity index (χ0) is 73.3. The Morgan fingerprint density at radius 1 is 0.558 bits per heavy atom. The molecule has 7 nitrogen and oxygen atoms in total. The molecule has 0 aromatic heterocycles. The predicted octanol–water partition coefficient (Wildman–Crippen LogP) is 24.5. The van der Waals surface area contributed by atoms with Crippen molar-refractivity contribution in [2.24, 2.45) is 17.3 Å². The average molecular weight is 1360 g/mol. The zero-order valence-corrected chi connectivity index (χ0v) is 67.5. The summed E-state index contributed by atoms with van der Waals surface area (Å²) in [5.74, 6) is 0.855. The second-order valence-electron chi connectivity index (χ2n) is 33.1. The van der Waals surface area contributed by atoms with E-state index in [1.165, 1.54) is 108 Å². The lowest BCUT2D eigenvalue weighted by molar-refractivity contribution is -0.218.